The Morgan fingerprint density at radius 2 is 2.04 bits per heavy atom. The fraction of sp³-hybridized carbons (Fsp3) is 0.353. The maximum Gasteiger partial charge on any atom is 0.294 e. The Hall–Kier alpha value is -2.47. The Balaban J connectivity index is 1.67. The average molecular weight is 313 g/mol. The van der Waals surface area contributed by atoms with Gasteiger partial charge in [0.25, 0.3) is 11.7 Å². The van der Waals surface area contributed by atoms with Crippen LogP contribution in [0.5, 0.6) is 0 Å². The van der Waals surface area contributed by atoms with Gasteiger partial charge in [0, 0.05) is 19.8 Å². The molecule has 1 heterocycles. The highest BCUT2D eigenvalue weighted by Gasteiger charge is 2.32. The predicted octanol–water partition coefficient (Wildman–Crippen LogP) is 1.28. The van der Waals surface area contributed by atoms with Crippen LogP contribution in [-0.2, 0) is 4.79 Å². The fourth-order valence-corrected chi connectivity index (χ4v) is 2.45. The van der Waals surface area contributed by atoms with Crippen LogP contribution in [0.4, 0.5) is 0 Å². The van der Waals surface area contributed by atoms with E-state index in [1.165, 1.54) is 18.1 Å². The minimum absolute atomic E-state index is 0.183. The van der Waals surface area contributed by atoms with Gasteiger partial charge in [-0.25, -0.2) is 4.68 Å². The molecule has 23 heavy (non-hydrogen) atoms. The SMILES string of the molecule is CN(CC(O)C1CC1)C(=O)C(=O)c1cnn(-c2ccccc2)c1. The van der Waals surface area contributed by atoms with Crippen molar-refractivity contribution in [2.45, 2.75) is 18.9 Å². The van der Waals surface area contributed by atoms with E-state index in [0.717, 1.165) is 18.5 Å². The van der Waals surface area contributed by atoms with Gasteiger partial charge in [0.1, 0.15) is 0 Å². The second kappa shape index (κ2) is 6.34. The van der Waals surface area contributed by atoms with Crippen LogP contribution in [0.15, 0.2) is 42.7 Å². The second-order valence-electron chi connectivity index (χ2n) is 5.93. The third-order valence-electron chi connectivity index (χ3n) is 4.03. The first-order valence-corrected chi connectivity index (χ1v) is 7.64. The summed E-state index contributed by atoms with van der Waals surface area (Å²) in [7, 11) is 1.54. The average Bonchev–Trinajstić information content (AvgIpc) is 3.31. The molecule has 1 N–H and O–H groups in total. The van der Waals surface area contributed by atoms with E-state index in [0.29, 0.717) is 0 Å². The van der Waals surface area contributed by atoms with Gasteiger partial charge < -0.3 is 10.0 Å². The quantitative estimate of drug-likeness (QED) is 0.644. The largest absolute Gasteiger partial charge is 0.391 e. The van der Waals surface area contributed by atoms with Crippen molar-refractivity contribution in [2.24, 2.45) is 5.92 Å². The number of para-hydroxylation sites is 1. The van der Waals surface area contributed by atoms with Crippen molar-refractivity contribution in [2.75, 3.05) is 13.6 Å². The lowest BCUT2D eigenvalue weighted by atomic mass is 10.2. The molecular weight excluding hydrogens is 294 g/mol. The van der Waals surface area contributed by atoms with Gasteiger partial charge in [-0.2, -0.15) is 5.10 Å². The van der Waals surface area contributed by atoms with E-state index in [1.54, 1.807) is 10.9 Å². The number of carbonyl (C=O) groups is 2. The van der Waals surface area contributed by atoms with Crippen LogP contribution >= 0.6 is 0 Å². The highest BCUT2D eigenvalue weighted by atomic mass is 16.3. The summed E-state index contributed by atoms with van der Waals surface area (Å²) in [5.74, 6) is -0.976. The summed E-state index contributed by atoms with van der Waals surface area (Å²) >= 11 is 0. The topological polar surface area (TPSA) is 75.4 Å². The highest BCUT2D eigenvalue weighted by molar-refractivity contribution is 6.42. The first kappa shape index (κ1) is 15.4. The van der Waals surface area contributed by atoms with E-state index in [4.69, 9.17) is 0 Å². The van der Waals surface area contributed by atoms with Crippen molar-refractivity contribution in [3.8, 4) is 5.69 Å². The maximum absolute atomic E-state index is 12.3. The number of benzene rings is 1. The van der Waals surface area contributed by atoms with Gasteiger partial charge in [-0.1, -0.05) is 18.2 Å². The van der Waals surface area contributed by atoms with Gasteiger partial charge in [0.2, 0.25) is 0 Å². The number of aliphatic hydroxyl groups is 1. The number of likely N-dealkylation sites (N-methyl/N-ethyl adjacent to an activating group) is 1. The van der Waals surface area contributed by atoms with Crippen molar-refractivity contribution in [3.05, 3.63) is 48.3 Å². The van der Waals surface area contributed by atoms with Crippen LogP contribution in [0.3, 0.4) is 0 Å². The molecule has 1 aromatic carbocycles. The van der Waals surface area contributed by atoms with E-state index in [1.807, 2.05) is 30.3 Å². The molecule has 0 bridgehead atoms. The zero-order chi connectivity index (χ0) is 16.4. The zero-order valence-corrected chi connectivity index (χ0v) is 12.9. The molecule has 0 saturated heterocycles. The Bertz CT molecular complexity index is 707. The third kappa shape index (κ3) is 3.48. The van der Waals surface area contributed by atoms with Crippen LogP contribution in [0.2, 0.25) is 0 Å². The molecule has 1 saturated carbocycles. The lowest BCUT2D eigenvalue weighted by Gasteiger charge is -2.19. The molecule has 1 aliphatic carbocycles. The first-order valence-electron chi connectivity index (χ1n) is 7.64. The molecule has 1 unspecified atom stereocenters. The highest BCUT2D eigenvalue weighted by Crippen LogP contribution is 2.32. The van der Waals surface area contributed by atoms with Gasteiger partial charge in [-0.3, -0.25) is 9.59 Å². The first-order chi connectivity index (χ1) is 11.1. The van der Waals surface area contributed by atoms with Crippen molar-refractivity contribution in [3.63, 3.8) is 0 Å². The van der Waals surface area contributed by atoms with E-state index in [2.05, 4.69) is 5.10 Å². The Kier molecular flexibility index (Phi) is 4.25. The van der Waals surface area contributed by atoms with Crippen LogP contribution in [0.25, 0.3) is 5.69 Å². The van der Waals surface area contributed by atoms with Crippen molar-refractivity contribution < 1.29 is 14.7 Å². The number of Topliss-reactive ketones (excluding diaryl/α,β-unsaturated/α-hetero) is 1. The molecular formula is C17H19N3O3. The Morgan fingerprint density at radius 1 is 1.35 bits per heavy atom. The number of ketones is 1. The molecule has 120 valence electrons. The number of amides is 1. The summed E-state index contributed by atoms with van der Waals surface area (Å²) in [5.41, 5.74) is 1.06. The van der Waals surface area contributed by atoms with Crippen LogP contribution in [-0.4, -0.2) is 51.2 Å². The number of rotatable bonds is 6. The molecule has 1 amide bonds. The number of nitrogens with zero attached hydrogens (tertiary/aromatic N) is 3. The van der Waals surface area contributed by atoms with Gasteiger partial charge in [0.15, 0.2) is 0 Å². The summed E-state index contributed by atoms with van der Waals surface area (Å²) in [6, 6.07) is 9.36. The minimum Gasteiger partial charge on any atom is -0.391 e. The lowest BCUT2D eigenvalue weighted by molar-refractivity contribution is -0.126. The molecule has 0 spiro atoms. The number of hydrogen-bond donors (Lipinski definition) is 1. The van der Waals surface area contributed by atoms with Gasteiger partial charge in [0.05, 0.1) is 23.6 Å². The smallest absolute Gasteiger partial charge is 0.294 e. The molecule has 3 rings (SSSR count). The molecule has 6 heteroatoms. The minimum atomic E-state index is -0.627. The molecule has 2 aromatic rings. The second-order valence-corrected chi connectivity index (χ2v) is 5.93. The number of hydrogen-bond acceptors (Lipinski definition) is 4. The van der Waals surface area contributed by atoms with Crippen LogP contribution in [0.1, 0.15) is 23.2 Å². The molecule has 0 aliphatic heterocycles. The molecule has 1 atom stereocenters. The molecule has 1 fully saturated rings. The summed E-state index contributed by atoms with van der Waals surface area (Å²) in [5, 5.41) is 14.0. The zero-order valence-electron chi connectivity index (χ0n) is 12.9. The van der Waals surface area contributed by atoms with Crippen molar-refractivity contribution >= 4 is 11.7 Å². The predicted molar refractivity (Wildman–Crippen MR) is 84.3 cm³/mol. The van der Waals surface area contributed by atoms with Crippen molar-refractivity contribution in [1.82, 2.24) is 14.7 Å². The Labute approximate surface area is 134 Å². The summed E-state index contributed by atoms with van der Waals surface area (Å²) < 4.78 is 1.56. The molecule has 0 radical (unpaired) electrons. The normalized spacial score (nSPS) is 15.2. The standard InChI is InChI=1S/C17H19N3O3/c1-19(11-15(21)12-7-8-12)17(23)16(22)13-9-18-20(10-13)14-5-3-2-4-6-14/h2-6,9-10,12,15,21H,7-8,11H2,1H3. The van der Waals surface area contributed by atoms with Crippen LogP contribution in [0, 0.1) is 5.92 Å². The van der Waals surface area contributed by atoms with Gasteiger partial charge in [-0.05, 0) is 30.9 Å². The molecule has 1 aliphatic rings. The van der Waals surface area contributed by atoms with E-state index in [-0.39, 0.29) is 18.0 Å². The van der Waals surface area contributed by atoms with Crippen molar-refractivity contribution in [1.29, 1.82) is 0 Å². The Morgan fingerprint density at radius 3 is 2.70 bits per heavy atom. The fourth-order valence-electron chi connectivity index (χ4n) is 2.45. The number of carbonyl (C=O) groups excluding carboxylic acids is 2. The monoisotopic (exact) mass is 313 g/mol. The molecule has 1 aromatic heterocycles. The summed E-state index contributed by atoms with van der Waals surface area (Å²) in [6.07, 6.45) is 4.35. The summed E-state index contributed by atoms with van der Waals surface area (Å²) in [4.78, 5) is 25.8. The van der Waals surface area contributed by atoms with Gasteiger partial charge >= 0.3 is 0 Å². The molecule has 6 nitrogen and oxygen atoms in total. The maximum atomic E-state index is 12.3. The van der Waals surface area contributed by atoms with Crippen LogP contribution < -0.4 is 0 Å². The van der Waals surface area contributed by atoms with E-state index >= 15 is 0 Å². The third-order valence-corrected chi connectivity index (χ3v) is 4.03. The lowest BCUT2D eigenvalue weighted by Crippen LogP contribution is -2.39. The summed E-state index contributed by atoms with van der Waals surface area (Å²) in [6.45, 7) is 0.183. The van der Waals surface area contributed by atoms with E-state index < -0.39 is 17.8 Å². The number of aliphatic hydroxyl groups excluding tert-OH is 1. The van der Waals surface area contributed by atoms with Gasteiger partial charge in [-0.15, -0.1) is 0 Å². The number of aromatic nitrogens is 2. The van der Waals surface area contributed by atoms with E-state index in [9.17, 15) is 14.7 Å².